The van der Waals surface area contributed by atoms with Gasteiger partial charge in [-0.15, -0.1) is 0 Å². The number of hydrogen-bond acceptors (Lipinski definition) is 4. The van der Waals surface area contributed by atoms with E-state index in [2.05, 4.69) is 4.74 Å². The zero-order chi connectivity index (χ0) is 13.1. The van der Waals surface area contributed by atoms with Crippen molar-refractivity contribution < 1.29 is 19.1 Å². The van der Waals surface area contributed by atoms with E-state index in [-0.39, 0.29) is 18.5 Å². The quantitative estimate of drug-likeness (QED) is 0.690. The number of nitrogens with zero attached hydrogens (tertiary/aromatic N) is 1. The van der Waals surface area contributed by atoms with Crippen LogP contribution < -0.4 is 0 Å². The number of carbonyl (C=O) groups is 2. The van der Waals surface area contributed by atoms with Crippen molar-refractivity contribution >= 4 is 11.9 Å². The van der Waals surface area contributed by atoms with Crippen LogP contribution in [0.15, 0.2) is 0 Å². The molecule has 1 aliphatic heterocycles. The van der Waals surface area contributed by atoms with Crippen molar-refractivity contribution in [1.29, 1.82) is 0 Å². The summed E-state index contributed by atoms with van der Waals surface area (Å²) < 4.78 is 10.1. The van der Waals surface area contributed by atoms with Crippen molar-refractivity contribution in [3.63, 3.8) is 0 Å². The van der Waals surface area contributed by atoms with Crippen LogP contribution >= 0.6 is 0 Å². The Bertz CT molecular complexity index is 295. The molecule has 1 saturated heterocycles. The maximum absolute atomic E-state index is 12.4. The predicted molar refractivity (Wildman–Crippen MR) is 62.5 cm³/mol. The van der Waals surface area contributed by atoms with Crippen molar-refractivity contribution in [3.05, 3.63) is 0 Å². The number of amides is 1. The number of esters is 1. The number of methoxy groups -OCH3 is 1. The van der Waals surface area contributed by atoms with Gasteiger partial charge in [-0.2, -0.15) is 0 Å². The minimum absolute atomic E-state index is 0.0219. The summed E-state index contributed by atoms with van der Waals surface area (Å²) in [5.41, 5.74) is -0.779. The fraction of sp³-hybridized carbons (Fsp3) is 0.833. The van der Waals surface area contributed by atoms with Gasteiger partial charge in [-0.25, -0.2) is 0 Å². The van der Waals surface area contributed by atoms with E-state index in [1.54, 1.807) is 6.92 Å². The molecule has 0 spiro atoms. The Morgan fingerprint density at radius 1 is 1.47 bits per heavy atom. The van der Waals surface area contributed by atoms with Gasteiger partial charge in [0.2, 0.25) is 0 Å². The molecule has 0 aromatic rings. The summed E-state index contributed by atoms with van der Waals surface area (Å²) in [7, 11) is 1.32. The summed E-state index contributed by atoms with van der Waals surface area (Å²) in [5.74, 6) is -0.538. The van der Waals surface area contributed by atoms with Crippen LogP contribution in [0.1, 0.15) is 33.6 Å². The Hall–Kier alpha value is -1.10. The zero-order valence-electron chi connectivity index (χ0n) is 11.0. The maximum atomic E-state index is 12.4. The SMILES string of the molecule is COC(=O)CN(C(=O)C1(C)CCCO1)C(C)C. The van der Waals surface area contributed by atoms with Crippen LogP contribution in [-0.2, 0) is 19.1 Å². The highest BCUT2D eigenvalue weighted by Gasteiger charge is 2.41. The molecule has 1 aliphatic rings. The molecule has 1 atom stereocenters. The Labute approximate surface area is 102 Å². The molecule has 1 unspecified atom stereocenters. The van der Waals surface area contributed by atoms with E-state index in [4.69, 9.17) is 4.74 Å². The topological polar surface area (TPSA) is 55.8 Å². The minimum Gasteiger partial charge on any atom is -0.468 e. The Morgan fingerprint density at radius 2 is 2.12 bits per heavy atom. The number of rotatable bonds is 4. The Morgan fingerprint density at radius 3 is 2.53 bits per heavy atom. The van der Waals surface area contributed by atoms with Crippen molar-refractivity contribution in [2.75, 3.05) is 20.3 Å². The third-order valence-corrected chi connectivity index (χ3v) is 3.08. The lowest BCUT2D eigenvalue weighted by molar-refractivity contribution is -0.158. The largest absolute Gasteiger partial charge is 0.468 e. The molecule has 1 amide bonds. The second-order valence-electron chi connectivity index (χ2n) is 4.79. The summed E-state index contributed by atoms with van der Waals surface area (Å²) in [4.78, 5) is 25.2. The van der Waals surface area contributed by atoms with Crippen molar-refractivity contribution in [3.8, 4) is 0 Å². The fourth-order valence-electron chi connectivity index (χ4n) is 1.94. The lowest BCUT2D eigenvalue weighted by Gasteiger charge is -2.33. The van der Waals surface area contributed by atoms with E-state index >= 15 is 0 Å². The van der Waals surface area contributed by atoms with E-state index < -0.39 is 11.6 Å². The minimum atomic E-state index is -0.779. The molecule has 17 heavy (non-hydrogen) atoms. The molecule has 0 aromatic heterocycles. The van der Waals surface area contributed by atoms with Crippen LogP contribution in [0.5, 0.6) is 0 Å². The summed E-state index contributed by atoms with van der Waals surface area (Å²) in [6.45, 7) is 6.12. The monoisotopic (exact) mass is 243 g/mol. The van der Waals surface area contributed by atoms with Crippen LogP contribution in [-0.4, -0.2) is 48.7 Å². The number of hydrogen-bond donors (Lipinski definition) is 0. The van der Waals surface area contributed by atoms with Crippen LogP contribution in [0, 0.1) is 0 Å². The lowest BCUT2D eigenvalue weighted by Crippen LogP contribution is -2.51. The third-order valence-electron chi connectivity index (χ3n) is 3.08. The van der Waals surface area contributed by atoms with Crippen molar-refractivity contribution in [2.24, 2.45) is 0 Å². The molecule has 5 heteroatoms. The molecular weight excluding hydrogens is 222 g/mol. The van der Waals surface area contributed by atoms with Gasteiger partial charge in [0.25, 0.3) is 5.91 Å². The summed E-state index contributed by atoms with van der Waals surface area (Å²) in [6, 6.07) is -0.0531. The van der Waals surface area contributed by atoms with Gasteiger partial charge in [-0.05, 0) is 33.6 Å². The van der Waals surface area contributed by atoms with Gasteiger partial charge in [0.05, 0.1) is 7.11 Å². The molecule has 0 aliphatic carbocycles. The third kappa shape index (κ3) is 3.19. The molecule has 0 aromatic carbocycles. The van der Waals surface area contributed by atoms with Crippen LogP contribution in [0.2, 0.25) is 0 Å². The molecule has 0 radical (unpaired) electrons. The smallest absolute Gasteiger partial charge is 0.325 e. The van der Waals surface area contributed by atoms with E-state index in [0.717, 1.165) is 6.42 Å². The average molecular weight is 243 g/mol. The second kappa shape index (κ2) is 5.49. The molecule has 0 bridgehead atoms. The molecule has 5 nitrogen and oxygen atoms in total. The molecule has 98 valence electrons. The lowest BCUT2D eigenvalue weighted by atomic mass is 10.0. The van der Waals surface area contributed by atoms with Crippen molar-refractivity contribution in [1.82, 2.24) is 4.90 Å². The van der Waals surface area contributed by atoms with Gasteiger partial charge in [0.15, 0.2) is 0 Å². The fourth-order valence-corrected chi connectivity index (χ4v) is 1.94. The zero-order valence-corrected chi connectivity index (χ0v) is 11.0. The van der Waals surface area contributed by atoms with Crippen molar-refractivity contribution in [2.45, 2.75) is 45.3 Å². The van der Waals surface area contributed by atoms with E-state index in [1.165, 1.54) is 12.0 Å². The maximum Gasteiger partial charge on any atom is 0.325 e. The van der Waals surface area contributed by atoms with Crippen LogP contribution in [0.3, 0.4) is 0 Å². The van der Waals surface area contributed by atoms with E-state index in [9.17, 15) is 9.59 Å². The average Bonchev–Trinajstić information content (AvgIpc) is 2.72. The Kier molecular flexibility index (Phi) is 4.51. The molecule has 0 N–H and O–H groups in total. The molecule has 1 fully saturated rings. The molecule has 0 saturated carbocycles. The van der Waals surface area contributed by atoms with Gasteiger partial charge < -0.3 is 14.4 Å². The first-order valence-corrected chi connectivity index (χ1v) is 5.92. The standard InChI is InChI=1S/C12H21NO4/c1-9(2)13(8-10(14)16-4)11(15)12(3)6-5-7-17-12/h9H,5-8H2,1-4H3. The van der Waals surface area contributed by atoms with Gasteiger partial charge in [0.1, 0.15) is 12.1 Å². The van der Waals surface area contributed by atoms with Gasteiger partial charge in [0, 0.05) is 12.6 Å². The number of carbonyl (C=O) groups excluding carboxylic acids is 2. The first kappa shape index (κ1) is 14.0. The number of ether oxygens (including phenoxy) is 2. The normalized spacial score (nSPS) is 23.8. The van der Waals surface area contributed by atoms with Gasteiger partial charge in [-0.3, -0.25) is 9.59 Å². The molecule has 1 heterocycles. The van der Waals surface area contributed by atoms with Crippen LogP contribution in [0.4, 0.5) is 0 Å². The van der Waals surface area contributed by atoms with Gasteiger partial charge in [-0.1, -0.05) is 0 Å². The first-order chi connectivity index (χ1) is 7.90. The molecular formula is C12H21NO4. The second-order valence-corrected chi connectivity index (χ2v) is 4.79. The summed E-state index contributed by atoms with van der Waals surface area (Å²) in [5, 5.41) is 0. The van der Waals surface area contributed by atoms with Crippen LogP contribution in [0.25, 0.3) is 0 Å². The van der Waals surface area contributed by atoms with E-state index in [0.29, 0.717) is 13.0 Å². The Balaban J connectivity index is 2.76. The first-order valence-electron chi connectivity index (χ1n) is 5.92. The highest BCUT2D eigenvalue weighted by atomic mass is 16.5. The summed E-state index contributed by atoms with van der Waals surface area (Å²) >= 11 is 0. The highest BCUT2D eigenvalue weighted by Crippen LogP contribution is 2.27. The van der Waals surface area contributed by atoms with Gasteiger partial charge >= 0.3 is 5.97 Å². The predicted octanol–water partition coefficient (Wildman–Crippen LogP) is 0.965. The van der Waals surface area contributed by atoms with E-state index in [1.807, 2.05) is 13.8 Å². The highest BCUT2D eigenvalue weighted by molar-refractivity contribution is 5.88. The summed E-state index contributed by atoms with van der Waals surface area (Å²) in [6.07, 6.45) is 1.59. The molecule has 1 rings (SSSR count).